The van der Waals surface area contributed by atoms with Gasteiger partial charge in [0.1, 0.15) is 0 Å². The molecule has 0 heterocycles. The summed E-state index contributed by atoms with van der Waals surface area (Å²) < 4.78 is 4.89. The van der Waals surface area contributed by atoms with E-state index in [0.29, 0.717) is 19.6 Å². The van der Waals surface area contributed by atoms with Crippen LogP contribution in [0.15, 0.2) is 24.3 Å². The monoisotopic (exact) mass is 221 g/mol. The van der Waals surface area contributed by atoms with Crippen molar-refractivity contribution in [2.75, 3.05) is 25.1 Å². The highest BCUT2D eigenvalue weighted by Crippen LogP contribution is 2.14. The summed E-state index contributed by atoms with van der Waals surface area (Å²) in [5.74, 6) is -0.137. The lowest BCUT2D eigenvalue weighted by Crippen LogP contribution is -2.21. The molecule has 0 atom stereocenters. The lowest BCUT2D eigenvalue weighted by atomic mass is 10.2. The second kappa shape index (κ2) is 6.16. The third-order valence-corrected chi connectivity index (χ3v) is 2.40. The van der Waals surface area contributed by atoms with Gasteiger partial charge in [-0.1, -0.05) is 12.1 Å². The van der Waals surface area contributed by atoms with E-state index in [1.807, 2.05) is 26.1 Å². The average molecular weight is 221 g/mol. The Morgan fingerprint density at radius 1 is 1.44 bits per heavy atom. The normalized spacial score (nSPS) is 9.94. The van der Waals surface area contributed by atoms with E-state index in [0.717, 1.165) is 5.69 Å². The van der Waals surface area contributed by atoms with Gasteiger partial charge in [-0.05, 0) is 31.5 Å². The highest BCUT2D eigenvalue weighted by molar-refractivity contribution is 5.70. The molecule has 0 saturated carbocycles. The number of anilines is 1. The van der Waals surface area contributed by atoms with Crippen molar-refractivity contribution in [1.82, 2.24) is 0 Å². The van der Waals surface area contributed by atoms with Gasteiger partial charge in [0.05, 0.1) is 13.0 Å². The van der Waals surface area contributed by atoms with Crippen molar-refractivity contribution < 1.29 is 9.53 Å². The molecule has 0 unspecified atom stereocenters. The van der Waals surface area contributed by atoms with Crippen LogP contribution >= 0.6 is 0 Å². The Morgan fingerprint density at radius 3 is 2.81 bits per heavy atom. The summed E-state index contributed by atoms with van der Waals surface area (Å²) in [7, 11) is 1.98. The highest BCUT2D eigenvalue weighted by atomic mass is 16.5. The van der Waals surface area contributed by atoms with E-state index >= 15 is 0 Å². The predicted octanol–water partition coefficient (Wildman–Crippen LogP) is 2.38. The first-order chi connectivity index (χ1) is 7.63. The zero-order valence-corrected chi connectivity index (χ0v) is 10.2. The molecule has 1 aromatic rings. The first-order valence-corrected chi connectivity index (χ1v) is 5.57. The molecule has 0 aromatic heterocycles. The summed E-state index contributed by atoms with van der Waals surface area (Å²) in [6.07, 6.45) is 0.429. The molecule has 16 heavy (non-hydrogen) atoms. The van der Waals surface area contributed by atoms with E-state index in [1.54, 1.807) is 0 Å². The van der Waals surface area contributed by atoms with Crippen LogP contribution in [0.2, 0.25) is 0 Å². The molecular weight excluding hydrogens is 202 g/mol. The maximum absolute atomic E-state index is 11.2. The van der Waals surface area contributed by atoms with Crippen LogP contribution in [0.1, 0.15) is 18.9 Å². The highest BCUT2D eigenvalue weighted by Gasteiger charge is 2.05. The van der Waals surface area contributed by atoms with Gasteiger partial charge in [-0.15, -0.1) is 0 Å². The molecule has 0 N–H and O–H groups in total. The van der Waals surface area contributed by atoms with Crippen LogP contribution in [-0.2, 0) is 9.53 Å². The number of esters is 1. The minimum Gasteiger partial charge on any atom is -0.466 e. The van der Waals surface area contributed by atoms with Gasteiger partial charge in [0, 0.05) is 19.3 Å². The molecule has 0 radical (unpaired) electrons. The first kappa shape index (κ1) is 12.6. The summed E-state index contributed by atoms with van der Waals surface area (Å²) >= 11 is 0. The lowest BCUT2D eigenvalue weighted by molar-refractivity contribution is -0.142. The molecule has 88 valence electrons. The number of benzene rings is 1. The van der Waals surface area contributed by atoms with Gasteiger partial charge in [0.25, 0.3) is 0 Å². The van der Waals surface area contributed by atoms with E-state index in [4.69, 9.17) is 4.74 Å². The summed E-state index contributed by atoms with van der Waals surface area (Å²) in [4.78, 5) is 13.3. The number of rotatable bonds is 5. The second-order valence-corrected chi connectivity index (χ2v) is 3.82. The van der Waals surface area contributed by atoms with Crippen molar-refractivity contribution >= 4 is 11.7 Å². The lowest BCUT2D eigenvalue weighted by Gasteiger charge is -2.19. The fraction of sp³-hybridized carbons (Fsp3) is 0.462. The van der Waals surface area contributed by atoms with Gasteiger partial charge in [-0.25, -0.2) is 0 Å². The molecule has 3 nitrogen and oxygen atoms in total. The molecule has 0 saturated heterocycles. The summed E-state index contributed by atoms with van der Waals surface area (Å²) in [6.45, 7) is 5.01. The van der Waals surface area contributed by atoms with Crippen LogP contribution < -0.4 is 4.90 Å². The Kier molecular flexibility index (Phi) is 4.83. The smallest absolute Gasteiger partial charge is 0.307 e. The van der Waals surface area contributed by atoms with E-state index in [9.17, 15) is 4.79 Å². The minimum absolute atomic E-state index is 0.137. The molecular formula is C13H19NO2. The van der Waals surface area contributed by atoms with E-state index in [1.165, 1.54) is 5.56 Å². The van der Waals surface area contributed by atoms with Crippen molar-refractivity contribution in [2.45, 2.75) is 20.3 Å². The van der Waals surface area contributed by atoms with E-state index in [2.05, 4.69) is 24.0 Å². The van der Waals surface area contributed by atoms with E-state index in [-0.39, 0.29) is 5.97 Å². The Balaban J connectivity index is 2.46. The third kappa shape index (κ3) is 3.93. The molecule has 1 rings (SSSR count). The third-order valence-electron chi connectivity index (χ3n) is 2.40. The Labute approximate surface area is 97.0 Å². The summed E-state index contributed by atoms with van der Waals surface area (Å²) in [5, 5.41) is 0. The van der Waals surface area contributed by atoms with Gasteiger partial charge in [-0.3, -0.25) is 4.79 Å². The van der Waals surface area contributed by atoms with Crippen molar-refractivity contribution in [1.29, 1.82) is 0 Å². The quantitative estimate of drug-likeness (QED) is 0.715. The second-order valence-electron chi connectivity index (χ2n) is 3.82. The predicted molar refractivity (Wildman–Crippen MR) is 65.7 cm³/mol. The Morgan fingerprint density at radius 2 is 2.19 bits per heavy atom. The largest absolute Gasteiger partial charge is 0.466 e. The SMILES string of the molecule is CCOC(=O)CCN(C)c1cccc(C)c1. The number of aryl methyl sites for hydroxylation is 1. The van der Waals surface area contributed by atoms with Gasteiger partial charge in [0.15, 0.2) is 0 Å². The standard InChI is InChI=1S/C13H19NO2/c1-4-16-13(15)8-9-14(3)12-7-5-6-11(2)10-12/h5-7,10H,4,8-9H2,1-3H3. The Hall–Kier alpha value is -1.51. The number of carbonyl (C=O) groups is 1. The zero-order chi connectivity index (χ0) is 12.0. The maximum atomic E-state index is 11.2. The zero-order valence-electron chi connectivity index (χ0n) is 10.2. The summed E-state index contributed by atoms with van der Waals surface area (Å²) in [6, 6.07) is 8.22. The molecule has 0 aliphatic carbocycles. The van der Waals surface area contributed by atoms with Crippen molar-refractivity contribution in [3.8, 4) is 0 Å². The van der Waals surface area contributed by atoms with Gasteiger partial charge >= 0.3 is 5.97 Å². The Bertz CT molecular complexity index is 350. The molecule has 0 fully saturated rings. The molecule has 3 heteroatoms. The molecule has 0 aliphatic rings. The number of hydrogen-bond donors (Lipinski definition) is 0. The van der Waals surface area contributed by atoms with Crippen LogP contribution in [0.25, 0.3) is 0 Å². The summed E-state index contributed by atoms with van der Waals surface area (Å²) in [5.41, 5.74) is 2.35. The topological polar surface area (TPSA) is 29.5 Å². The fourth-order valence-electron chi connectivity index (χ4n) is 1.49. The van der Waals surface area contributed by atoms with Crippen LogP contribution in [-0.4, -0.2) is 26.2 Å². The van der Waals surface area contributed by atoms with Crippen molar-refractivity contribution in [2.24, 2.45) is 0 Å². The van der Waals surface area contributed by atoms with Crippen molar-refractivity contribution in [3.63, 3.8) is 0 Å². The molecule has 0 amide bonds. The van der Waals surface area contributed by atoms with Crippen LogP contribution in [0.4, 0.5) is 5.69 Å². The molecule has 0 spiro atoms. The van der Waals surface area contributed by atoms with Crippen molar-refractivity contribution in [3.05, 3.63) is 29.8 Å². The van der Waals surface area contributed by atoms with Gasteiger partial charge in [-0.2, -0.15) is 0 Å². The van der Waals surface area contributed by atoms with Gasteiger partial charge < -0.3 is 9.64 Å². The number of hydrogen-bond acceptors (Lipinski definition) is 3. The number of carbonyl (C=O) groups excluding carboxylic acids is 1. The fourth-order valence-corrected chi connectivity index (χ4v) is 1.49. The minimum atomic E-state index is -0.137. The number of ether oxygens (including phenoxy) is 1. The molecule has 1 aromatic carbocycles. The number of nitrogens with zero attached hydrogens (tertiary/aromatic N) is 1. The molecule has 0 bridgehead atoms. The maximum Gasteiger partial charge on any atom is 0.307 e. The van der Waals surface area contributed by atoms with Crippen LogP contribution in [0.5, 0.6) is 0 Å². The first-order valence-electron chi connectivity index (χ1n) is 5.57. The van der Waals surface area contributed by atoms with E-state index < -0.39 is 0 Å². The van der Waals surface area contributed by atoms with Gasteiger partial charge in [0.2, 0.25) is 0 Å². The van der Waals surface area contributed by atoms with Crippen LogP contribution in [0.3, 0.4) is 0 Å². The van der Waals surface area contributed by atoms with Crippen LogP contribution in [0, 0.1) is 6.92 Å². The molecule has 0 aliphatic heterocycles. The average Bonchev–Trinajstić information content (AvgIpc) is 2.26.